The van der Waals surface area contributed by atoms with Crippen LogP contribution in [0.5, 0.6) is 0 Å². The van der Waals surface area contributed by atoms with E-state index in [1.165, 1.54) is 12.3 Å². The van der Waals surface area contributed by atoms with E-state index in [0.29, 0.717) is 37.6 Å². The molecule has 1 fully saturated rings. The second-order valence-electron chi connectivity index (χ2n) is 7.34. The van der Waals surface area contributed by atoms with Crippen LogP contribution in [-0.2, 0) is 14.4 Å². The molecule has 1 amide bonds. The Morgan fingerprint density at radius 1 is 1.26 bits per heavy atom. The number of nitrogens with zero attached hydrogens (tertiary/aromatic N) is 3. The number of anilines is 2. The van der Waals surface area contributed by atoms with E-state index in [1.54, 1.807) is 19.1 Å². The van der Waals surface area contributed by atoms with Crippen LogP contribution in [0, 0.1) is 24.0 Å². The number of carbonyl (C=O) groups excluding carboxylic acids is 1. The molecule has 0 radical (unpaired) electrons. The number of rotatable bonds is 7. The quantitative estimate of drug-likeness (QED) is 0.413. The minimum absolute atomic E-state index is 0.00771. The normalized spacial score (nSPS) is 15.0. The SMILES string of the molecule is Cc1cccc(C)c1NC(=O)C(C)O/N=C/c1ccc(N2CCOCC2)c([N+](=O)[O-])c1. The van der Waals surface area contributed by atoms with Gasteiger partial charge in [-0.2, -0.15) is 0 Å². The molecule has 2 aromatic rings. The number of carbonyl (C=O) groups is 1. The molecule has 9 heteroatoms. The molecule has 1 aliphatic rings. The number of para-hydroxylation sites is 1. The van der Waals surface area contributed by atoms with E-state index in [9.17, 15) is 14.9 Å². The van der Waals surface area contributed by atoms with Gasteiger partial charge in [0.25, 0.3) is 11.6 Å². The summed E-state index contributed by atoms with van der Waals surface area (Å²) in [4.78, 5) is 30.7. The molecule has 164 valence electrons. The third-order valence-corrected chi connectivity index (χ3v) is 5.07. The van der Waals surface area contributed by atoms with Crippen molar-refractivity contribution in [3.05, 3.63) is 63.2 Å². The summed E-state index contributed by atoms with van der Waals surface area (Å²) >= 11 is 0. The van der Waals surface area contributed by atoms with E-state index in [4.69, 9.17) is 9.57 Å². The zero-order valence-corrected chi connectivity index (χ0v) is 17.8. The first-order valence-electron chi connectivity index (χ1n) is 10.0. The number of oxime groups is 1. The molecular weight excluding hydrogens is 400 g/mol. The Bertz CT molecular complexity index is 966. The number of amides is 1. The van der Waals surface area contributed by atoms with E-state index in [2.05, 4.69) is 10.5 Å². The fourth-order valence-corrected chi connectivity index (χ4v) is 3.31. The number of benzene rings is 2. The van der Waals surface area contributed by atoms with Gasteiger partial charge in [0.2, 0.25) is 6.10 Å². The molecule has 0 aromatic heterocycles. The first-order valence-corrected chi connectivity index (χ1v) is 10.0. The molecule has 1 atom stereocenters. The van der Waals surface area contributed by atoms with Crippen LogP contribution in [0.4, 0.5) is 17.1 Å². The highest BCUT2D eigenvalue weighted by molar-refractivity contribution is 5.95. The van der Waals surface area contributed by atoms with Crippen molar-refractivity contribution >= 4 is 29.2 Å². The fourth-order valence-electron chi connectivity index (χ4n) is 3.31. The van der Waals surface area contributed by atoms with Crippen LogP contribution in [0.15, 0.2) is 41.6 Å². The topological polar surface area (TPSA) is 106 Å². The van der Waals surface area contributed by atoms with E-state index < -0.39 is 11.0 Å². The predicted molar refractivity (Wildman–Crippen MR) is 119 cm³/mol. The monoisotopic (exact) mass is 426 g/mol. The molecule has 1 N–H and O–H groups in total. The third-order valence-electron chi connectivity index (χ3n) is 5.07. The lowest BCUT2D eigenvalue weighted by molar-refractivity contribution is -0.384. The van der Waals surface area contributed by atoms with Crippen LogP contribution < -0.4 is 10.2 Å². The number of morpholine rings is 1. The number of aryl methyl sites for hydroxylation is 2. The van der Waals surface area contributed by atoms with Gasteiger partial charge in [-0.3, -0.25) is 14.9 Å². The molecule has 0 aliphatic carbocycles. The third kappa shape index (κ3) is 5.58. The number of nitro benzene ring substituents is 1. The van der Waals surface area contributed by atoms with Gasteiger partial charge in [-0.25, -0.2) is 0 Å². The van der Waals surface area contributed by atoms with Gasteiger partial charge in [-0.05, 0) is 38.0 Å². The van der Waals surface area contributed by atoms with Crippen molar-refractivity contribution in [2.24, 2.45) is 5.16 Å². The van der Waals surface area contributed by atoms with Crippen molar-refractivity contribution in [1.82, 2.24) is 0 Å². The number of ether oxygens (including phenoxy) is 1. The van der Waals surface area contributed by atoms with Gasteiger partial charge >= 0.3 is 0 Å². The molecular formula is C22H26N4O5. The Morgan fingerprint density at radius 3 is 2.58 bits per heavy atom. The number of nitro groups is 1. The highest BCUT2D eigenvalue weighted by Crippen LogP contribution is 2.29. The summed E-state index contributed by atoms with van der Waals surface area (Å²) in [6.07, 6.45) is 0.525. The average molecular weight is 426 g/mol. The maximum Gasteiger partial charge on any atom is 0.293 e. The van der Waals surface area contributed by atoms with Crippen molar-refractivity contribution in [1.29, 1.82) is 0 Å². The zero-order valence-electron chi connectivity index (χ0n) is 17.8. The fraction of sp³-hybridized carbons (Fsp3) is 0.364. The van der Waals surface area contributed by atoms with Crippen LogP contribution in [0.1, 0.15) is 23.6 Å². The summed E-state index contributed by atoms with van der Waals surface area (Å²) in [7, 11) is 0. The van der Waals surface area contributed by atoms with E-state index in [0.717, 1.165) is 16.8 Å². The predicted octanol–water partition coefficient (Wildman–Crippen LogP) is 3.43. The van der Waals surface area contributed by atoms with Crippen LogP contribution in [0.2, 0.25) is 0 Å². The Labute approximate surface area is 180 Å². The summed E-state index contributed by atoms with van der Waals surface area (Å²) in [6, 6.07) is 10.6. The Hall–Kier alpha value is -3.46. The highest BCUT2D eigenvalue weighted by Gasteiger charge is 2.22. The molecule has 9 nitrogen and oxygen atoms in total. The van der Waals surface area contributed by atoms with Crippen LogP contribution >= 0.6 is 0 Å². The smallest absolute Gasteiger partial charge is 0.293 e. The largest absolute Gasteiger partial charge is 0.383 e. The van der Waals surface area contributed by atoms with Crippen LogP contribution in [0.25, 0.3) is 0 Å². The van der Waals surface area contributed by atoms with E-state index in [-0.39, 0.29) is 11.6 Å². The molecule has 3 rings (SSSR count). The van der Waals surface area contributed by atoms with Crippen molar-refractivity contribution in [3.8, 4) is 0 Å². The molecule has 31 heavy (non-hydrogen) atoms. The maximum atomic E-state index is 12.4. The van der Waals surface area contributed by atoms with Crippen LogP contribution in [0.3, 0.4) is 0 Å². The molecule has 0 spiro atoms. The van der Waals surface area contributed by atoms with Gasteiger partial charge < -0.3 is 19.8 Å². The standard InChI is InChI=1S/C22H26N4O5/c1-15-5-4-6-16(2)21(15)24-22(27)17(3)31-23-14-18-7-8-19(20(13-18)26(28)29)25-9-11-30-12-10-25/h4-8,13-14,17H,9-12H2,1-3H3,(H,24,27)/b23-14+. The summed E-state index contributed by atoms with van der Waals surface area (Å²) in [6.45, 7) is 7.70. The molecule has 2 aromatic carbocycles. The van der Waals surface area contributed by atoms with E-state index in [1.807, 2.05) is 36.9 Å². The van der Waals surface area contributed by atoms with E-state index >= 15 is 0 Å². The summed E-state index contributed by atoms with van der Waals surface area (Å²) < 4.78 is 5.31. The number of hydrogen-bond donors (Lipinski definition) is 1. The van der Waals surface area contributed by atoms with Gasteiger partial charge in [0.05, 0.1) is 24.4 Å². The number of nitrogens with one attached hydrogen (secondary N) is 1. The van der Waals surface area contributed by atoms with Crippen molar-refractivity contribution in [2.45, 2.75) is 26.9 Å². The number of hydrogen-bond acceptors (Lipinski definition) is 7. The molecule has 1 heterocycles. The minimum atomic E-state index is -0.835. The van der Waals surface area contributed by atoms with Gasteiger partial charge in [0, 0.05) is 30.4 Å². The second-order valence-corrected chi connectivity index (χ2v) is 7.34. The highest BCUT2D eigenvalue weighted by atomic mass is 16.6. The van der Waals surface area contributed by atoms with Crippen molar-refractivity contribution in [3.63, 3.8) is 0 Å². The second kappa shape index (κ2) is 10.0. The van der Waals surface area contributed by atoms with Gasteiger partial charge in [0.15, 0.2) is 0 Å². The summed E-state index contributed by atoms with van der Waals surface area (Å²) in [5.41, 5.74) is 3.71. The average Bonchev–Trinajstić information content (AvgIpc) is 2.76. The lowest BCUT2D eigenvalue weighted by Gasteiger charge is -2.28. The van der Waals surface area contributed by atoms with Crippen LogP contribution in [-0.4, -0.2) is 49.5 Å². The maximum absolute atomic E-state index is 12.4. The van der Waals surface area contributed by atoms with Crippen molar-refractivity contribution in [2.75, 3.05) is 36.5 Å². The van der Waals surface area contributed by atoms with Crippen molar-refractivity contribution < 1.29 is 19.3 Å². The molecule has 1 saturated heterocycles. The lowest BCUT2D eigenvalue weighted by atomic mass is 10.1. The first kappa shape index (κ1) is 22.2. The zero-order chi connectivity index (χ0) is 22.4. The van der Waals surface area contributed by atoms with Gasteiger partial charge in [-0.15, -0.1) is 0 Å². The first-order chi connectivity index (χ1) is 14.9. The molecule has 0 bridgehead atoms. The Kier molecular flexibility index (Phi) is 7.19. The Morgan fingerprint density at radius 2 is 1.94 bits per heavy atom. The van der Waals surface area contributed by atoms with Gasteiger partial charge in [-0.1, -0.05) is 29.4 Å². The molecule has 1 unspecified atom stereocenters. The molecule has 1 aliphatic heterocycles. The molecule has 0 saturated carbocycles. The Balaban J connectivity index is 1.65. The summed E-state index contributed by atoms with van der Waals surface area (Å²) in [5.74, 6) is -0.330. The lowest BCUT2D eigenvalue weighted by Crippen LogP contribution is -2.36. The van der Waals surface area contributed by atoms with Gasteiger partial charge in [0.1, 0.15) is 5.69 Å². The minimum Gasteiger partial charge on any atom is -0.383 e. The summed E-state index contributed by atoms with van der Waals surface area (Å²) in [5, 5.41) is 18.2.